The van der Waals surface area contributed by atoms with Gasteiger partial charge < -0.3 is 19.8 Å². The highest BCUT2D eigenvalue weighted by Crippen LogP contribution is 2.44. The standard InChI is InChI=1S/C16H23NO3/c1-10(18)16-14(4-3-5-15(16)20-2)17-11-6-7-12(17)9-13(19)8-11/h3-5,10-13,18-19H,6-9H2,1-2H3/t10-,11?,12?,13?/m1/s1. The summed E-state index contributed by atoms with van der Waals surface area (Å²) >= 11 is 0. The molecule has 2 aliphatic rings. The molecule has 2 fully saturated rings. The number of fused-ring (bicyclic) bond motifs is 2. The SMILES string of the molecule is COc1cccc(N2C3CCC2CC(O)C3)c1[C@@H](C)O. The minimum atomic E-state index is -0.563. The quantitative estimate of drug-likeness (QED) is 0.889. The van der Waals surface area contributed by atoms with E-state index in [4.69, 9.17) is 4.74 Å². The van der Waals surface area contributed by atoms with Gasteiger partial charge in [0.05, 0.1) is 19.3 Å². The van der Waals surface area contributed by atoms with Crippen LogP contribution in [0.4, 0.5) is 5.69 Å². The number of hydrogen-bond acceptors (Lipinski definition) is 4. The monoisotopic (exact) mass is 277 g/mol. The van der Waals surface area contributed by atoms with Crippen molar-refractivity contribution in [1.82, 2.24) is 0 Å². The fraction of sp³-hybridized carbons (Fsp3) is 0.625. The van der Waals surface area contributed by atoms with E-state index in [9.17, 15) is 10.2 Å². The largest absolute Gasteiger partial charge is 0.496 e. The lowest BCUT2D eigenvalue weighted by molar-refractivity contribution is 0.126. The molecule has 2 unspecified atom stereocenters. The van der Waals surface area contributed by atoms with E-state index in [-0.39, 0.29) is 6.10 Å². The molecule has 0 aromatic heterocycles. The average Bonchev–Trinajstić information content (AvgIpc) is 2.69. The van der Waals surface area contributed by atoms with Gasteiger partial charge in [-0.05, 0) is 44.7 Å². The van der Waals surface area contributed by atoms with Crippen LogP contribution in [-0.2, 0) is 0 Å². The highest BCUT2D eigenvalue weighted by atomic mass is 16.5. The molecule has 110 valence electrons. The fourth-order valence-electron chi connectivity index (χ4n) is 3.90. The molecule has 0 spiro atoms. The lowest BCUT2D eigenvalue weighted by atomic mass is 9.96. The highest BCUT2D eigenvalue weighted by molar-refractivity contribution is 5.62. The lowest BCUT2D eigenvalue weighted by Crippen LogP contribution is -2.45. The second-order valence-corrected chi connectivity index (χ2v) is 5.99. The Kier molecular flexibility index (Phi) is 3.61. The third-order valence-electron chi connectivity index (χ3n) is 4.67. The molecule has 3 atom stereocenters. The normalized spacial score (nSPS) is 30.4. The van der Waals surface area contributed by atoms with E-state index in [0.717, 1.165) is 42.7 Å². The van der Waals surface area contributed by atoms with Crippen molar-refractivity contribution in [1.29, 1.82) is 0 Å². The maximum atomic E-state index is 10.1. The van der Waals surface area contributed by atoms with Gasteiger partial charge in [0.2, 0.25) is 0 Å². The van der Waals surface area contributed by atoms with Crippen molar-refractivity contribution in [2.75, 3.05) is 12.0 Å². The molecule has 1 aromatic carbocycles. The molecule has 3 rings (SSSR count). The summed E-state index contributed by atoms with van der Waals surface area (Å²) in [4.78, 5) is 2.40. The van der Waals surface area contributed by atoms with Gasteiger partial charge in [0, 0.05) is 23.3 Å². The fourth-order valence-corrected chi connectivity index (χ4v) is 3.90. The summed E-state index contributed by atoms with van der Waals surface area (Å²) in [6.45, 7) is 1.78. The van der Waals surface area contributed by atoms with Gasteiger partial charge in [-0.25, -0.2) is 0 Å². The Morgan fingerprint density at radius 2 is 1.90 bits per heavy atom. The van der Waals surface area contributed by atoms with Gasteiger partial charge in [0.25, 0.3) is 0 Å². The molecule has 2 aliphatic heterocycles. The molecule has 0 amide bonds. The number of methoxy groups -OCH3 is 1. The van der Waals surface area contributed by atoms with Crippen LogP contribution in [0.25, 0.3) is 0 Å². The van der Waals surface area contributed by atoms with E-state index in [2.05, 4.69) is 11.0 Å². The van der Waals surface area contributed by atoms with E-state index < -0.39 is 6.10 Å². The summed E-state index contributed by atoms with van der Waals surface area (Å²) in [7, 11) is 1.64. The summed E-state index contributed by atoms with van der Waals surface area (Å²) in [5.41, 5.74) is 1.93. The van der Waals surface area contributed by atoms with Crippen LogP contribution >= 0.6 is 0 Å². The number of benzene rings is 1. The van der Waals surface area contributed by atoms with Crippen LogP contribution in [0.1, 0.15) is 44.3 Å². The number of rotatable bonds is 3. The van der Waals surface area contributed by atoms with Crippen LogP contribution in [0.5, 0.6) is 5.75 Å². The Bertz CT molecular complexity index is 475. The highest BCUT2D eigenvalue weighted by Gasteiger charge is 2.41. The zero-order valence-corrected chi connectivity index (χ0v) is 12.1. The number of hydrogen-bond donors (Lipinski definition) is 2. The third kappa shape index (κ3) is 2.17. The van der Waals surface area contributed by atoms with Crippen molar-refractivity contribution in [3.05, 3.63) is 23.8 Å². The maximum absolute atomic E-state index is 10.1. The van der Waals surface area contributed by atoms with Crippen molar-refractivity contribution < 1.29 is 14.9 Å². The van der Waals surface area contributed by atoms with E-state index >= 15 is 0 Å². The van der Waals surface area contributed by atoms with Gasteiger partial charge in [-0.3, -0.25) is 0 Å². The Morgan fingerprint density at radius 1 is 1.25 bits per heavy atom. The van der Waals surface area contributed by atoms with Gasteiger partial charge in [-0.1, -0.05) is 6.07 Å². The molecule has 2 heterocycles. The zero-order chi connectivity index (χ0) is 14.3. The van der Waals surface area contributed by atoms with Crippen LogP contribution in [0.15, 0.2) is 18.2 Å². The molecule has 20 heavy (non-hydrogen) atoms. The molecule has 0 saturated carbocycles. The second kappa shape index (κ2) is 5.26. The zero-order valence-electron chi connectivity index (χ0n) is 12.1. The molecule has 0 radical (unpaired) electrons. The predicted molar refractivity (Wildman–Crippen MR) is 78.2 cm³/mol. The van der Waals surface area contributed by atoms with E-state index in [0.29, 0.717) is 12.1 Å². The first-order valence-corrected chi connectivity index (χ1v) is 7.43. The minimum absolute atomic E-state index is 0.177. The van der Waals surface area contributed by atoms with Crippen molar-refractivity contribution in [3.8, 4) is 5.75 Å². The van der Waals surface area contributed by atoms with Crippen LogP contribution in [0.2, 0.25) is 0 Å². The second-order valence-electron chi connectivity index (χ2n) is 5.99. The molecule has 2 saturated heterocycles. The molecular formula is C16H23NO3. The Labute approximate surface area is 120 Å². The van der Waals surface area contributed by atoms with Crippen molar-refractivity contribution in [3.63, 3.8) is 0 Å². The summed E-state index contributed by atoms with van der Waals surface area (Å²) in [6.07, 6.45) is 3.16. The molecule has 4 heteroatoms. The Hall–Kier alpha value is -1.26. The number of nitrogens with zero attached hydrogens (tertiary/aromatic N) is 1. The Morgan fingerprint density at radius 3 is 2.45 bits per heavy atom. The number of anilines is 1. The van der Waals surface area contributed by atoms with Crippen LogP contribution in [0.3, 0.4) is 0 Å². The van der Waals surface area contributed by atoms with Gasteiger partial charge in [-0.15, -0.1) is 0 Å². The molecule has 4 nitrogen and oxygen atoms in total. The van der Waals surface area contributed by atoms with Crippen LogP contribution < -0.4 is 9.64 Å². The predicted octanol–water partition coefficient (Wildman–Crippen LogP) is 2.24. The summed E-state index contributed by atoms with van der Waals surface area (Å²) in [5, 5.41) is 20.1. The topological polar surface area (TPSA) is 52.9 Å². The van der Waals surface area contributed by atoms with E-state index in [1.165, 1.54) is 0 Å². The van der Waals surface area contributed by atoms with Crippen molar-refractivity contribution in [2.45, 2.75) is 56.9 Å². The summed E-state index contributed by atoms with van der Waals surface area (Å²) in [6, 6.07) is 6.70. The summed E-state index contributed by atoms with van der Waals surface area (Å²) in [5.74, 6) is 0.739. The molecule has 0 aliphatic carbocycles. The van der Waals surface area contributed by atoms with Gasteiger partial charge >= 0.3 is 0 Å². The van der Waals surface area contributed by atoms with E-state index in [1.54, 1.807) is 14.0 Å². The lowest BCUT2D eigenvalue weighted by Gasteiger charge is -2.40. The smallest absolute Gasteiger partial charge is 0.126 e. The number of ether oxygens (including phenoxy) is 1. The van der Waals surface area contributed by atoms with Gasteiger partial charge in [0.15, 0.2) is 0 Å². The third-order valence-corrected chi connectivity index (χ3v) is 4.67. The van der Waals surface area contributed by atoms with Crippen molar-refractivity contribution >= 4 is 5.69 Å². The maximum Gasteiger partial charge on any atom is 0.126 e. The first-order chi connectivity index (χ1) is 9.61. The number of aliphatic hydroxyl groups excluding tert-OH is 2. The molecule has 1 aromatic rings. The molecule has 2 bridgehead atoms. The van der Waals surface area contributed by atoms with Gasteiger partial charge in [-0.2, -0.15) is 0 Å². The number of piperidine rings is 1. The van der Waals surface area contributed by atoms with Crippen molar-refractivity contribution in [2.24, 2.45) is 0 Å². The molecular weight excluding hydrogens is 254 g/mol. The summed E-state index contributed by atoms with van der Waals surface area (Å²) < 4.78 is 5.41. The average molecular weight is 277 g/mol. The molecule has 2 N–H and O–H groups in total. The first kappa shape index (κ1) is 13.7. The van der Waals surface area contributed by atoms with Gasteiger partial charge in [0.1, 0.15) is 5.75 Å². The first-order valence-electron chi connectivity index (χ1n) is 7.43. The van der Waals surface area contributed by atoms with E-state index in [1.807, 2.05) is 12.1 Å². The Balaban J connectivity index is 2.02. The minimum Gasteiger partial charge on any atom is -0.496 e. The number of aliphatic hydroxyl groups is 2. The van der Waals surface area contributed by atoms with Crippen LogP contribution in [-0.4, -0.2) is 35.5 Å². The van der Waals surface area contributed by atoms with Crippen LogP contribution in [0, 0.1) is 0 Å².